The fourth-order valence-electron chi connectivity index (χ4n) is 3.39. The molecule has 0 spiro atoms. The quantitative estimate of drug-likeness (QED) is 0.699. The number of sulfonamides is 1. The van der Waals surface area contributed by atoms with E-state index in [1.165, 1.54) is 24.3 Å². The summed E-state index contributed by atoms with van der Waals surface area (Å²) in [4.78, 5) is 27.3. The number of hydrogen-bond donors (Lipinski definition) is 2. The van der Waals surface area contributed by atoms with E-state index in [-0.39, 0.29) is 22.2 Å². The van der Waals surface area contributed by atoms with Crippen molar-refractivity contribution in [3.8, 4) is 0 Å². The largest absolute Gasteiger partial charge is 0.478 e. The molecular weight excluding hydrogens is 422 g/mol. The van der Waals surface area contributed by atoms with Crippen LogP contribution in [0.25, 0.3) is 0 Å². The maximum atomic E-state index is 12.7. The molecule has 31 heavy (non-hydrogen) atoms. The minimum atomic E-state index is -3.85. The Morgan fingerprint density at radius 3 is 2.42 bits per heavy atom. The van der Waals surface area contributed by atoms with Crippen LogP contribution < -0.4 is 9.62 Å². The van der Waals surface area contributed by atoms with Gasteiger partial charge in [0.15, 0.2) is 0 Å². The number of hydrogen-bond acceptors (Lipinski definition) is 6. The van der Waals surface area contributed by atoms with Crippen molar-refractivity contribution in [2.75, 3.05) is 42.4 Å². The molecule has 1 amide bonds. The van der Waals surface area contributed by atoms with Gasteiger partial charge in [0, 0.05) is 31.9 Å². The van der Waals surface area contributed by atoms with Crippen molar-refractivity contribution >= 4 is 33.5 Å². The second-order valence-corrected chi connectivity index (χ2v) is 8.81. The molecule has 0 unspecified atom stereocenters. The van der Waals surface area contributed by atoms with E-state index in [1.54, 1.807) is 36.9 Å². The van der Waals surface area contributed by atoms with Crippen LogP contribution in [-0.2, 0) is 14.8 Å². The maximum absolute atomic E-state index is 12.7. The Morgan fingerprint density at radius 1 is 1.10 bits per heavy atom. The third-order valence-corrected chi connectivity index (χ3v) is 6.30. The van der Waals surface area contributed by atoms with Gasteiger partial charge >= 0.3 is 12.1 Å². The summed E-state index contributed by atoms with van der Waals surface area (Å²) >= 11 is 0. The molecule has 2 aromatic carbocycles. The maximum Gasteiger partial charge on any atom is 0.409 e. The molecule has 2 aromatic rings. The van der Waals surface area contributed by atoms with E-state index in [0.717, 1.165) is 5.56 Å². The first-order chi connectivity index (χ1) is 14.7. The normalized spacial score (nSPS) is 14.3. The Morgan fingerprint density at radius 2 is 1.81 bits per heavy atom. The molecule has 0 aliphatic carbocycles. The zero-order valence-corrected chi connectivity index (χ0v) is 18.2. The summed E-state index contributed by atoms with van der Waals surface area (Å²) in [6.07, 6.45) is -0.387. The monoisotopic (exact) mass is 447 g/mol. The molecular formula is C21H25N3O6S. The van der Waals surface area contributed by atoms with Gasteiger partial charge in [-0.1, -0.05) is 12.1 Å². The van der Waals surface area contributed by atoms with Crippen LogP contribution in [0.4, 0.5) is 16.2 Å². The van der Waals surface area contributed by atoms with Crippen LogP contribution in [0.1, 0.15) is 22.8 Å². The topological polar surface area (TPSA) is 116 Å². The summed E-state index contributed by atoms with van der Waals surface area (Å²) in [5.74, 6) is -1.17. The summed E-state index contributed by atoms with van der Waals surface area (Å²) < 4.78 is 32.8. The first-order valence-corrected chi connectivity index (χ1v) is 11.3. The number of piperazine rings is 1. The van der Waals surface area contributed by atoms with Crippen LogP contribution in [-0.4, -0.2) is 63.3 Å². The van der Waals surface area contributed by atoms with Gasteiger partial charge in [0.25, 0.3) is 10.0 Å². The second-order valence-electron chi connectivity index (χ2n) is 7.13. The fourth-order valence-corrected chi connectivity index (χ4v) is 4.54. The van der Waals surface area contributed by atoms with Crippen molar-refractivity contribution in [2.24, 2.45) is 0 Å². The Balaban J connectivity index is 1.79. The lowest BCUT2D eigenvalue weighted by molar-refractivity contribution is 0.0696. The highest BCUT2D eigenvalue weighted by atomic mass is 32.2. The smallest absolute Gasteiger partial charge is 0.409 e. The molecule has 0 aromatic heterocycles. The minimum absolute atomic E-state index is 0.0194. The predicted molar refractivity (Wildman–Crippen MR) is 116 cm³/mol. The third kappa shape index (κ3) is 5.26. The van der Waals surface area contributed by atoms with E-state index < -0.39 is 16.0 Å². The van der Waals surface area contributed by atoms with Gasteiger partial charge in [-0.25, -0.2) is 18.0 Å². The lowest BCUT2D eigenvalue weighted by Crippen LogP contribution is -2.49. The highest BCUT2D eigenvalue weighted by Gasteiger charge is 2.25. The van der Waals surface area contributed by atoms with E-state index in [1.807, 2.05) is 4.90 Å². The van der Waals surface area contributed by atoms with Crippen LogP contribution in [0.5, 0.6) is 0 Å². The molecule has 3 rings (SSSR count). The van der Waals surface area contributed by atoms with Crippen molar-refractivity contribution in [3.05, 3.63) is 53.6 Å². The number of benzene rings is 2. The Hall–Kier alpha value is -3.27. The molecule has 10 heteroatoms. The Bertz CT molecular complexity index is 1080. The van der Waals surface area contributed by atoms with Gasteiger partial charge in [0.2, 0.25) is 0 Å². The molecule has 1 saturated heterocycles. The lowest BCUT2D eigenvalue weighted by atomic mass is 10.1. The summed E-state index contributed by atoms with van der Waals surface area (Å²) in [6, 6.07) is 10.9. The van der Waals surface area contributed by atoms with Crippen molar-refractivity contribution in [3.63, 3.8) is 0 Å². The standard InChI is InChI=1S/C21H25N3O6S/c1-3-30-21(27)24-11-9-23(10-12-24)19-8-7-16(14-18(19)20(25)26)22-31(28,29)17-6-4-5-15(2)13-17/h4-8,13-14,22H,3,9-12H2,1-2H3,(H,25,26). The number of rotatable bonds is 6. The number of nitrogens with zero attached hydrogens (tertiary/aromatic N) is 2. The summed E-state index contributed by atoms with van der Waals surface area (Å²) in [5, 5.41) is 9.69. The van der Waals surface area contributed by atoms with Gasteiger partial charge in [-0.3, -0.25) is 4.72 Å². The van der Waals surface area contributed by atoms with E-state index >= 15 is 0 Å². The number of ether oxygens (including phenoxy) is 1. The molecule has 1 aliphatic heterocycles. The highest BCUT2D eigenvalue weighted by molar-refractivity contribution is 7.92. The van der Waals surface area contributed by atoms with Crippen LogP contribution >= 0.6 is 0 Å². The molecule has 1 heterocycles. The van der Waals surface area contributed by atoms with E-state index in [0.29, 0.717) is 38.5 Å². The van der Waals surface area contributed by atoms with Gasteiger partial charge in [0.05, 0.1) is 22.8 Å². The zero-order valence-electron chi connectivity index (χ0n) is 17.4. The van der Waals surface area contributed by atoms with Gasteiger partial charge in [-0.15, -0.1) is 0 Å². The third-order valence-electron chi connectivity index (χ3n) is 4.93. The Kier molecular flexibility index (Phi) is 6.69. The van der Waals surface area contributed by atoms with Gasteiger partial charge < -0.3 is 19.6 Å². The average molecular weight is 448 g/mol. The van der Waals surface area contributed by atoms with E-state index in [9.17, 15) is 23.1 Å². The summed E-state index contributed by atoms with van der Waals surface area (Å²) in [5.41, 5.74) is 1.41. The van der Waals surface area contributed by atoms with Gasteiger partial charge in [-0.2, -0.15) is 0 Å². The van der Waals surface area contributed by atoms with Crippen molar-refractivity contribution in [2.45, 2.75) is 18.7 Å². The van der Waals surface area contributed by atoms with Crippen molar-refractivity contribution < 1.29 is 27.9 Å². The number of amides is 1. The number of nitrogens with one attached hydrogen (secondary N) is 1. The first kappa shape index (κ1) is 22.4. The van der Waals surface area contributed by atoms with E-state index in [2.05, 4.69) is 4.72 Å². The van der Waals surface area contributed by atoms with Crippen LogP contribution in [0.3, 0.4) is 0 Å². The van der Waals surface area contributed by atoms with Gasteiger partial charge in [0.1, 0.15) is 0 Å². The molecule has 9 nitrogen and oxygen atoms in total. The molecule has 0 radical (unpaired) electrons. The van der Waals surface area contributed by atoms with Crippen molar-refractivity contribution in [1.82, 2.24) is 4.90 Å². The molecule has 1 aliphatic rings. The summed E-state index contributed by atoms with van der Waals surface area (Å²) in [6.45, 7) is 5.50. The van der Waals surface area contributed by atoms with Crippen LogP contribution in [0.15, 0.2) is 47.4 Å². The molecule has 0 atom stereocenters. The van der Waals surface area contributed by atoms with E-state index in [4.69, 9.17) is 4.74 Å². The number of aromatic carboxylic acids is 1. The number of carbonyl (C=O) groups excluding carboxylic acids is 1. The van der Waals surface area contributed by atoms with Gasteiger partial charge in [-0.05, 0) is 49.7 Å². The van der Waals surface area contributed by atoms with Crippen molar-refractivity contribution in [1.29, 1.82) is 0 Å². The minimum Gasteiger partial charge on any atom is -0.478 e. The molecule has 1 fully saturated rings. The summed E-state index contributed by atoms with van der Waals surface area (Å²) in [7, 11) is -3.85. The number of aryl methyl sites for hydroxylation is 1. The molecule has 166 valence electrons. The fraction of sp³-hybridized carbons (Fsp3) is 0.333. The van der Waals surface area contributed by atoms with Crippen LogP contribution in [0, 0.1) is 6.92 Å². The lowest BCUT2D eigenvalue weighted by Gasteiger charge is -2.36. The average Bonchev–Trinajstić information content (AvgIpc) is 2.74. The highest BCUT2D eigenvalue weighted by Crippen LogP contribution is 2.27. The number of carbonyl (C=O) groups is 2. The van der Waals surface area contributed by atoms with Crippen LogP contribution in [0.2, 0.25) is 0 Å². The number of carboxylic acids is 1. The zero-order chi connectivity index (χ0) is 22.6. The SMILES string of the molecule is CCOC(=O)N1CCN(c2ccc(NS(=O)(=O)c3cccc(C)c3)cc2C(=O)O)CC1. The number of carboxylic acid groups (broad SMARTS) is 1. The Labute approximate surface area is 181 Å². The molecule has 0 bridgehead atoms. The number of anilines is 2. The predicted octanol–water partition coefficient (Wildman–Crippen LogP) is 2.77. The molecule has 0 saturated carbocycles. The molecule has 2 N–H and O–H groups in total. The first-order valence-electron chi connectivity index (χ1n) is 9.84. The second kappa shape index (κ2) is 9.25.